The number of carbonyl (C=O) groups excluding carboxylic acids is 2. The summed E-state index contributed by atoms with van der Waals surface area (Å²) in [5, 5.41) is 5.41. The number of carbonyl (C=O) groups is 2. The van der Waals surface area contributed by atoms with Crippen molar-refractivity contribution in [3.05, 3.63) is 48.0 Å². The topological polar surface area (TPSA) is 87.5 Å². The van der Waals surface area contributed by atoms with E-state index in [-0.39, 0.29) is 11.8 Å². The third-order valence-corrected chi connectivity index (χ3v) is 3.26. The summed E-state index contributed by atoms with van der Waals surface area (Å²) in [7, 11) is 3.80. The van der Waals surface area contributed by atoms with E-state index in [1.807, 2.05) is 31.1 Å². The number of pyridine rings is 1. The first-order valence-corrected chi connectivity index (χ1v) is 7.20. The molecule has 0 aliphatic rings. The van der Waals surface area contributed by atoms with Crippen LogP contribution in [0, 0.1) is 0 Å². The summed E-state index contributed by atoms with van der Waals surface area (Å²) >= 11 is 0. The number of hydrogen-bond acceptors (Lipinski definition) is 5. The monoisotopic (exact) mass is 316 g/mol. The second-order valence-electron chi connectivity index (χ2n) is 5.34. The highest BCUT2D eigenvalue weighted by molar-refractivity contribution is 5.97. The average Bonchev–Trinajstić information content (AvgIpc) is 3.07. The van der Waals surface area contributed by atoms with Gasteiger partial charge in [0.15, 0.2) is 0 Å². The van der Waals surface area contributed by atoms with Crippen molar-refractivity contribution in [3.8, 4) is 0 Å². The molecule has 2 aromatic heterocycles. The highest BCUT2D eigenvalue weighted by atomic mass is 16.3. The lowest BCUT2D eigenvalue weighted by atomic mass is 10.2. The van der Waals surface area contributed by atoms with Gasteiger partial charge in [0, 0.05) is 26.8 Å². The molecule has 23 heavy (non-hydrogen) atoms. The molecule has 0 aromatic carbocycles. The van der Waals surface area contributed by atoms with Gasteiger partial charge in [0.1, 0.15) is 18.1 Å². The SMILES string of the molecule is C[C@H](NC(=O)c1ccoc1)C(=O)NCc1ccnc(N(C)C)c1. The number of nitrogens with one attached hydrogen (secondary N) is 2. The Morgan fingerprint density at radius 2 is 2.13 bits per heavy atom. The van der Waals surface area contributed by atoms with Gasteiger partial charge in [-0.05, 0) is 30.7 Å². The van der Waals surface area contributed by atoms with Gasteiger partial charge < -0.3 is 20.0 Å². The smallest absolute Gasteiger partial charge is 0.255 e. The van der Waals surface area contributed by atoms with E-state index in [0.717, 1.165) is 11.4 Å². The number of nitrogens with zero attached hydrogens (tertiary/aromatic N) is 2. The number of amides is 2. The van der Waals surface area contributed by atoms with Crippen LogP contribution in [0.3, 0.4) is 0 Å². The summed E-state index contributed by atoms with van der Waals surface area (Å²) in [4.78, 5) is 30.0. The number of furan rings is 1. The molecule has 1 atom stereocenters. The van der Waals surface area contributed by atoms with Crippen LogP contribution in [-0.2, 0) is 11.3 Å². The Bertz CT molecular complexity index is 668. The molecule has 7 heteroatoms. The Kier molecular flexibility index (Phi) is 5.35. The summed E-state index contributed by atoms with van der Waals surface area (Å²) in [6.45, 7) is 2.00. The molecule has 0 saturated carbocycles. The Hall–Kier alpha value is -2.83. The summed E-state index contributed by atoms with van der Waals surface area (Å²) in [6.07, 6.45) is 4.44. The van der Waals surface area contributed by atoms with Gasteiger partial charge in [0.2, 0.25) is 5.91 Å². The molecule has 2 heterocycles. The summed E-state index contributed by atoms with van der Waals surface area (Å²) in [5.41, 5.74) is 1.32. The van der Waals surface area contributed by atoms with Crippen LogP contribution in [-0.4, -0.2) is 36.9 Å². The lowest BCUT2D eigenvalue weighted by Crippen LogP contribution is -2.44. The lowest BCUT2D eigenvalue weighted by Gasteiger charge is -2.15. The number of hydrogen-bond donors (Lipinski definition) is 2. The average molecular weight is 316 g/mol. The largest absolute Gasteiger partial charge is 0.472 e. The van der Waals surface area contributed by atoms with E-state index in [1.165, 1.54) is 12.5 Å². The minimum Gasteiger partial charge on any atom is -0.472 e. The van der Waals surface area contributed by atoms with Crippen LogP contribution < -0.4 is 15.5 Å². The molecule has 2 aromatic rings. The summed E-state index contributed by atoms with van der Waals surface area (Å²) in [6, 6.07) is 4.63. The van der Waals surface area contributed by atoms with Crippen molar-refractivity contribution in [3.63, 3.8) is 0 Å². The van der Waals surface area contributed by atoms with Crippen molar-refractivity contribution in [1.29, 1.82) is 0 Å². The van der Waals surface area contributed by atoms with Crippen molar-refractivity contribution in [2.24, 2.45) is 0 Å². The zero-order chi connectivity index (χ0) is 16.8. The van der Waals surface area contributed by atoms with Crippen molar-refractivity contribution in [1.82, 2.24) is 15.6 Å². The second kappa shape index (κ2) is 7.44. The summed E-state index contributed by atoms with van der Waals surface area (Å²) < 4.78 is 4.84. The van der Waals surface area contributed by atoms with Gasteiger partial charge >= 0.3 is 0 Å². The van der Waals surface area contributed by atoms with Crippen LogP contribution >= 0.6 is 0 Å². The van der Waals surface area contributed by atoms with E-state index in [0.29, 0.717) is 12.1 Å². The molecule has 0 aliphatic carbocycles. The standard InChI is InChI=1S/C16H20N4O3/c1-11(19-16(22)13-5-7-23-10-13)15(21)18-9-12-4-6-17-14(8-12)20(2)3/h4-8,10-11H,9H2,1-3H3,(H,18,21)(H,19,22)/t11-/m0/s1. The minimum atomic E-state index is -0.646. The van der Waals surface area contributed by atoms with Gasteiger partial charge in [-0.15, -0.1) is 0 Å². The molecular formula is C16H20N4O3. The first kappa shape index (κ1) is 16.5. The molecule has 7 nitrogen and oxygen atoms in total. The van der Waals surface area contributed by atoms with Crippen molar-refractivity contribution in [2.45, 2.75) is 19.5 Å². The van der Waals surface area contributed by atoms with E-state index >= 15 is 0 Å². The predicted octanol–water partition coefficient (Wildman–Crippen LogP) is 1.18. The molecule has 2 rings (SSSR count). The van der Waals surface area contributed by atoms with Gasteiger partial charge in [-0.1, -0.05) is 0 Å². The number of aromatic nitrogens is 1. The molecule has 0 radical (unpaired) electrons. The molecular weight excluding hydrogens is 296 g/mol. The Balaban J connectivity index is 1.86. The maximum Gasteiger partial charge on any atom is 0.255 e. The Labute approximate surface area is 134 Å². The molecule has 0 fully saturated rings. The molecule has 0 saturated heterocycles. The maximum atomic E-state index is 12.1. The van der Waals surface area contributed by atoms with Crippen LogP contribution in [0.15, 0.2) is 41.3 Å². The van der Waals surface area contributed by atoms with Crippen LogP contribution in [0.2, 0.25) is 0 Å². The Morgan fingerprint density at radius 1 is 1.35 bits per heavy atom. The van der Waals surface area contributed by atoms with Gasteiger partial charge in [0.25, 0.3) is 5.91 Å². The zero-order valence-corrected chi connectivity index (χ0v) is 13.4. The molecule has 0 spiro atoms. The quantitative estimate of drug-likeness (QED) is 0.835. The molecule has 122 valence electrons. The normalized spacial score (nSPS) is 11.6. The third kappa shape index (κ3) is 4.57. The highest BCUT2D eigenvalue weighted by Gasteiger charge is 2.17. The van der Waals surface area contributed by atoms with Crippen LogP contribution in [0.1, 0.15) is 22.8 Å². The van der Waals surface area contributed by atoms with Crippen LogP contribution in [0.25, 0.3) is 0 Å². The molecule has 2 N–H and O–H groups in total. The Morgan fingerprint density at radius 3 is 2.78 bits per heavy atom. The molecule has 2 amide bonds. The van der Waals surface area contributed by atoms with E-state index in [9.17, 15) is 9.59 Å². The molecule has 0 bridgehead atoms. The van der Waals surface area contributed by atoms with Gasteiger partial charge in [-0.3, -0.25) is 9.59 Å². The maximum absolute atomic E-state index is 12.1. The fraction of sp³-hybridized carbons (Fsp3) is 0.312. The third-order valence-electron chi connectivity index (χ3n) is 3.26. The highest BCUT2D eigenvalue weighted by Crippen LogP contribution is 2.09. The van der Waals surface area contributed by atoms with E-state index in [4.69, 9.17) is 4.42 Å². The second-order valence-corrected chi connectivity index (χ2v) is 5.34. The number of rotatable bonds is 6. The van der Waals surface area contributed by atoms with E-state index in [2.05, 4.69) is 15.6 Å². The van der Waals surface area contributed by atoms with E-state index < -0.39 is 6.04 Å². The van der Waals surface area contributed by atoms with Crippen molar-refractivity contribution >= 4 is 17.6 Å². The predicted molar refractivity (Wildman–Crippen MR) is 86.0 cm³/mol. The van der Waals surface area contributed by atoms with Gasteiger partial charge in [-0.25, -0.2) is 4.98 Å². The first-order chi connectivity index (χ1) is 11.0. The van der Waals surface area contributed by atoms with Crippen LogP contribution in [0.4, 0.5) is 5.82 Å². The van der Waals surface area contributed by atoms with Gasteiger partial charge in [0.05, 0.1) is 11.8 Å². The first-order valence-electron chi connectivity index (χ1n) is 7.20. The van der Waals surface area contributed by atoms with Crippen molar-refractivity contribution < 1.29 is 14.0 Å². The molecule has 0 unspecified atom stereocenters. The summed E-state index contributed by atoms with van der Waals surface area (Å²) in [5.74, 6) is 0.211. The zero-order valence-electron chi connectivity index (χ0n) is 13.4. The fourth-order valence-corrected chi connectivity index (χ4v) is 1.90. The van der Waals surface area contributed by atoms with Crippen LogP contribution in [0.5, 0.6) is 0 Å². The fourth-order valence-electron chi connectivity index (χ4n) is 1.90. The molecule has 0 aliphatic heterocycles. The number of anilines is 1. The van der Waals surface area contributed by atoms with Gasteiger partial charge in [-0.2, -0.15) is 0 Å². The minimum absolute atomic E-state index is 0.259. The van der Waals surface area contributed by atoms with E-state index in [1.54, 1.807) is 19.2 Å². The lowest BCUT2D eigenvalue weighted by molar-refractivity contribution is -0.122. The van der Waals surface area contributed by atoms with Crippen molar-refractivity contribution in [2.75, 3.05) is 19.0 Å².